The fraction of sp³-hybridized carbons (Fsp3) is 0.0588. The van der Waals surface area contributed by atoms with E-state index >= 15 is 0 Å². The van der Waals surface area contributed by atoms with Gasteiger partial charge in [0.25, 0.3) is 0 Å². The smallest absolute Gasteiger partial charge is 0.235 e. The highest BCUT2D eigenvalue weighted by molar-refractivity contribution is 5.94. The van der Waals surface area contributed by atoms with Crippen molar-refractivity contribution in [2.75, 3.05) is 0 Å². The first-order valence-corrected chi connectivity index (χ1v) is 6.92. The lowest BCUT2D eigenvalue weighted by Gasteiger charge is -2.09. The lowest BCUT2D eigenvalue weighted by Crippen LogP contribution is -1.96. The van der Waals surface area contributed by atoms with Gasteiger partial charge in [0.05, 0.1) is 10.4 Å². The molecule has 0 unspecified atom stereocenters. The van der Waals surface area contributed by atoms with Gasteiger partial charge in [0.15, 0.2) is 0 Å². The summed E-state index contributed by atoms with van der Waals surface area (Å²) in [6.45, 7) is 0.281. The standard InChI is InChI=1S/C17H13FN2O3/c18-14-8-15-17(13(10-19-15)6-7-20(21)22)16(9-14)23-11-12-4-2-1-3-5-12/h1-10,19H,11H2/b7-6+. The van der Waals surface area contributed by atoms with Crippen molar-refractivity contribution in [2.24, 2.45) is 0 Å². The Labute approximate surface area is 131 Å². The second-order valence-corrected chi connectivity index (χ2v) is 4.95. The molecule has 0 amide bonds. The predicted molar refractivity (Wildman–Crippen MR) is 85.1 cm³/mol. The number of hydrogen-bond acceptors (Lipinski definition) is 3. The molecule has 1 N–H and O–H groups in total. The van der Waals surface area contributed by atoms with E-state index in [0.717, 1.165) is 11.8 Å². The molecule has 3 rings (SSSR count). The van der Waals surface area contributed by atoms with Crippen LogP contribution in [0.3, 0.4) is 0 Å². The van der Waals surface area contributed by atoms with Crippen LogP contribution < -0.4 is 4.74 Å². The van der Waals surface area contributed by atoms with Gasteiger partial charge in [-0.1, -0.05) is 30.3 Å². The van der Waals surface area contributed by atoms with Gasteiger partial charge >= 0.3 is 0 Å². The van der Waals surface area contributed by atoms with Crippen LogP contribution in [-0.4, -0.2) is 9.91 Å². The number of rotatable bonds is 5. The molecule has 6 heteroatoms. The van der Waals surface area contributed by atoms with Crippen LogP contribution in [0, 0.1) is 15.9 Å². The van der Waals surface area contributed by atoms with Gasteiger partial charge in [-0.05, 0) is 11.6 Å². The number of H-pyrrole nitrogens is 1. The number of nitro groups is 1. The highest BCUT2D eigenvalue weighted by Gasteiger charge is 2.11. The Balaban J connectivity index is 1.97. The number of aromatic amines is 1. The minimum absolute atomic E-state index is 0.281. The first-order valence-electron chi connectivity index (χ1n) is 6.92. The topological polar surface area (TPSA) is 68.2 Å². The second-order valence-electron chi connectivity index (χ2n) is 4.95. The van der Waals surface area contributed by atoms with E-state index in [2.05, 4.69) is 4.98 Å². The fourth-order valence-corrected chi connectivity index (χ4v) is 2.34. The summed E-state index contributed by atoms with van der Waals surface area (Å²) in [7, 11) is 0. The van der Waals surface area contributed by atoms with Crippen molar-refractivity contribution < 1.29 is 14.1 Å². The number of aromatic nitrogens is 1. The molecule has 3 aromatic rings. The third kappa shape index (κ3) is 3.37. The summed E-state index contributed by atoms with van der Waals surface area (Å²) in [5.41, 5.74) is 2.04. The molecule has 1 heterocycles. The van der Waals surface area contributed by atoms with E-state index in [1.807, 2.05) is 30.3 Å². The molecular formula is C17H13FN2O3. The summed E-state index contributed by atoms with van der Waals surface area (Å²) in [4.78, 5) is 12.8. The van der Waals surface area contributed by atoms with Gasteiger partial charge in [0.2, 0.25) is 6.20 Å². The molecular weight excluding hydrogens is 299 g/mol. The molecule has 0 fully saturated rings. The van der Waals surface area contributed by atoms with E-state index in [4.69, 9.17) is 4.74 Å². The van der Waals surface area contributed by atoms with E-state index in [1.54, 1.807) is 6.20 Å². The molecule has 116 valence electrons. The zero-order chi connectivity index (χ0) is 16.2. The van der Waals surface area contributed by atoms with Crippen LogP contribution in [0.25, 0.3) is 17.0 Å². The van der Waals surface area contributed by atoms with E-state index in [0.29, 0.717) is 22.2 Å². The Morgan fingerprint density at radius 1 is 1.26 bits per heavy atom. The number of halogens is 1. The first kappa shape index (κ1) is 14.8. The van der Waals surface area contributed by atoms with Crippen molar-refractivity contribution in [3.63, 3.8) is 0 Å². The highest BCUT2D eigenvalue weighted by Crippen LogP contribution is 2.31. The van der Waals surface area contributed by atoms with Crippen LogP contribution in [0.2, 0.25) is 0 Å². The zero-order valence-electron chi connectivity index (χ0n) is 12.0. The normalized spacial score (nSPS) is 11.2. The number of ether oxygens (including phenoxy) is 1. The van der Waals surface area contributed by atoms with Crippen LogP contribution in [-0.2, 0) is 6.61 Å². The van der Waals surface area contributed by atoms with Crippen molar-refractivity contribution in [3.05, 3.63) is 81.9 Å². The van der Waals surface area contributed by atoms with Crippen molar-refractivity contribution in [3.8, 4) is 5.75 Å². The maximum atomic E-state index is 13.7. The minimum atomic E-state index is -0.549. The zero-order valence-corrected chi connectivity index (χ0v) is 12.0. The Kier molecular flexibility index (Phi) is 4.05. The van der Waals surface area contributed by atoms with Crippen LogP contribution in [0.15, 0.2) is 54.9 Å². The Hall–Kier alpha value is -3.15. The second kappa shape index (κ2) is 6.31. The van der Waals surface area contributed by atoms with Crippen LogP contribution in [0.1, 0.15) is 11.1 Å². The Morgan fingerprint density at radius 3 is 2.78 bits per heavy atom. The fourth-order valence-electron chi connectivity index (χ4n) is 2.34. The largest absolute Gasteiger partial charge is 0.488 e. The molecule has 0 spiro atoms. The van der Waals surface area contributed by atoms with Gasteiger partial charge in [-0.15, -0.1) is 0 Å². The molecule has 2 aromatic carbocycles. The highest BCUT2D eigenvalue weighted by atomic mass is 19.1. The van der Waals surface area contributed by atoms with Gasteiger partial charge < -0.3 is 9.72 Å². The average molecular weight is 312 g/mol. The third-order valence-corrected chi connectivity index (χ3v) is 3.35. The van der Waals surface area contributed by atoms with Crippen molar-refractivity contribution >= 4 is 17.0 Å². The van der Waals surface area contributed by atoms with E-state index in [1.165, 1.54) is 18.2 Å². The number of hydrogen-bond donors (Lipinski definition) is 1. The maximum Gasteiger partial charge on any atom is 0.235 e. The lowest BCUT2D eigenvalue weighted by atomic mass is 10.1. The Morgan fingerprint density at radius 2 is 2.04 bits per heavy atom. The number of nitrogens with one attached hydrogen (secondary N) is 1. The van der Waals surface area contributed by atoms with Crippen LogP contribution in [0.5, 0.6) is 5.75 Å². The van der Waals surface area contributed by atoms with Gasteiger partial charge in [0.1, 0.15) is 18.2 Å². The van der Waals surface area contributed by atoms with E-state index in [9.17, 15) is 14.5 Å². The summed E-state index contributed by atoms with van der Waals surface area (Å²) in [6.07, 6.45) is 3.78. The molecule has 0 aliphatic heterocycles. The summed E-state index contributed by atoms with van der Waals surface area (Å²) in [5.74, 6) is -0.0969. The molecule has 0 saturated heterocycles. The summed E-state index contributed by atoms with van der Waals surface area (Å²) < 4.78 is 19.4. The number of benzene rings is 2. The molecule has 0 radical (unpaired) electrons. The molecule has 0 atom stereocenters. The molecule has 0 aliphatic carbocycles. The quantitative estimate of drug-likeness (QED) is 0.569. The average Bonchev–Trinajstić information content (AvgIpc) is 2.94. The summed E-state index contributed by atoms with van der Waals surface area (Å²) >= 11 is 0. The lowest BCUT2D eigenvalue weighted by molar-refractivity contribution is -0.400. The molecule has 0 aliphatic rings. The maximum absolute atomic E-state index is 13.7. The number of fused-ring (bicyclic) bond motifs is 1. The van der Waals surface area contributed by atoms with Crippen molar-refractivity contribution in [2.45, 2.75) is 6.61 Å². The first-order chi connectivity index (χ1) is 11.1. The van der Waals surface area contributed by atoms with Crippen LogP contribution >= 0.6 is 0 Å². The molecule has 23 heavy (non-hydrogen) atoms. The van der Waals surface area contributed by atoms with Gasteiger partial charge in [-0.2, -0.15) is 0 Å². The van der Waals surface area contributed by atoms with Crippen LogP contribution in [0.4, 0.5) is 4.39 Å². The molecule has 5 nitrogen and oxygen atoms in total. The van der Waals surface area contributed by atoms with E-state index < -0.39 is 10.7 Å². The molecule has 0 bridgehead atoms. The van der Waals surface area contributed by atoms with Gasteiger partial charge in [-0.3, -0.25) is 10.1 Å². The van der Waals surface area contributed by atoms with Crippen molar-refractivity contribution in [1.29, 1.82) is 0 Å². The Bertz CT molecular complexity index is 872. The van der Waals surface area contributed by atoms with Gasteiger partial charge in [-0.25, -0.2) is 4.39 Å². The monoisotopic (exact) mass is 312 g/mol. The SMILES string of the molecule is O=[N+]([O-])/C=C/c1c[nH]c2cc(F)cc(OCc3ccccc3)c12. The van der Waals surface area contributed by atoms with Crippen molar-refractivity contribution in [1.82, 2.24) is 4.98 Å². The summed E-state index contributed by atoms with van der Waals surface area (Å²) in [6, 6.07) is 12.1. The predicted octanol–water partition coefficient (Wildman–Crippen LogP) is 4.13. The molecule has 1 aromatic heterocycles. The third-order valence-electron chi connectivity index (χ3n) is 3.35. The minimum Gasteiger partial charge on any atom is -0.488 e. The van der Waals surface area contributed by atoms with Gasteiger partial charge in [0, 0.05) is 29.3 Å². The number of nitrogens with zero attached hydrogens (tertiary/aromatic N) is 1. The van der Waals surface area contributed by atoms with E-state index in [-0.39, 0.29) is 6.61 Å². The summed E-state index contributed by atoms with van der Waals surface area (Å²) in [5, 5.41) is 11.1. The molecule has 0 saturated carbocycles.